The van der Waals surface area contributed by atoms with Gasteiger partial charge in [-0.05, 0) is 30.9 Å². The van der Waals surface area contributed by atoms with Gasteiger partial charge in [0.1, 0.15) is 4.90 Å². The molecular formula is C16H26N2O2S. The van der Waals surface area contributed by atoms with Crippen molar-refractivity contribution in [2.75, 3.05) is 18.4 Å². The van der Waals surface area contributed by atoms with E-state index in [9.17, 15) is 8.42 Å². The molecule has 5 heteroatoms. The summed E-state index contributed by atoms with van der Waals surface area (Å²) in [6.45, 7) is 3.37. The Hall–Kier alpha value is -1.07. The van der Waals surface area contributed by atoms with Crippen LogP contribution in [0, 0.1) is 5.92 Å². The average molecular weight is 310 g/mol. The number of para-hydroxylation sites is 1. The lowest BCUT2D eigenvalue weighted by atomic mass is 10.1. The van der Waals surface area contributed by atoms with Crippen molar-refractivity contribution in [3.63, 3.8) is 0 Å². The third kappa shape index (κ3) is 4.71. The molecule has 118 valence electrons. The fourth-order valence-electron chi connectivity index (χ4n) is 2.88. The lowest BCUT2D eigenvalue weighted by molar-refractivity contribution is 0.496. The smallest absolute Gasteiger partial charge is 0.242 e. The molecule has 1 fully saturated rings. The van der Waals surface area contributed by atoms with Crippen LogP contribution in [0.15, 0.2) is 29.2 Å². The van der Waals surface area contributed by atoms with E-state index in [1.807, 2.05) is 12.1 Å². The molecule has 0 atom stereocenters. The molecule has 0 aliphatic heterocycles. The van der Waals surface area contributed by atoms with Gasteiger partial charge in [0.15, 0.2) is 0 Å². The number of benzene rings is 1. The van der Waals surface area contributed by atoms with Crippen molar-refractivity contribution in [3.05, 3.63) is 24.3 Å². The highest BCUT2D eigenvalue weighted by Crippen LogP contribution is 2.27. The van der Waals surface area contributed by atoms with Crippen molar-refractivity contribution in [2.24, 2.45) is 5.92 Å². The van der Waals surface area contributed by atoms with Gasteiger partial charge in [-0.15, -0.1) is 0 Å². The molecule has 21 heavy (non-hydrogen) atoms. The maximum Gasteiger partial charge on any atom is 0.242 e. The zero-order valence-corrected chi connectivity index (χ0v) is 13.6. The first kappa shape index (κ1) is 16.3. The quantitative estimate of drug-likeness (QED) is 0.774. The molecule has 1 aromatic rings. The third-order valence-electron chi connectivity index (χ3n) is 4.06. The standard InChI is InChI=1S/C16H26N2O2S/c1-2-12-17-15-9-5-6-10-16(15)21(19,20)18-13-11-14-7-3-4-8-14/h5-6,9-10,14,17-18H,2-4,7-8,11-13H2,1H3. The van der Waals surface area contributed by atoms with Crippen LogP contribution in [0.5, 0.6) is 0 Å². The third-order valence-corrected chi connectivity index (χ3v) is 5.58. The van der Waals surface area contributed by atoms with E-state index in [1.165, 1.54) is 25.7 Å². The van der Waals surface area contributed by atoms with Crippen molar-refractivity contribution >= 4 is 15.7 Å². The number of hydrogen-bond acceptors (Lipinski definition) is 3. The summed E-state index contributed by atoms with van der Waals surface area (Å²) in [4.78, 5) is 0.352. The first-order valence-electron chi connectivity index (χ1n) is 7.96. The summed E-state index contributed by atoms with van der Waals surface area (Å²) in [6, 6.07) is 7.11. The van der Waals surface area contributed by atoms with Gasteiger partial charge in [-0.3, -0.25) is 0 Å². The van der Waals surface area contributed by atoms with Crippen LogP contribution in [0.2, 0.25) is 0 Å². The molecule has 1 aliphatic carbocycles. The Morgan fingerprint density at radius 3 is 2.57 bits per heavy atom. The molecule has 0 heterocycles. The van der Waals surface area contributed by atoms with Gasteiger partial charge in [0.05, 0.1) is 5.69 Å². The van der Waals surface area contributed by atoms with Crippen LogP contribution in [0.25, 0.3) is 0 Å². The van der Waals surface area contributed by atoms with E-state index in [-0.39, 0.29) is 0 Å². The van der Waals surface area contributed by atoms with E-state index in [0.29, 0.717) is 23.0 Å². The summed E-state index contributed by atoms with van der Waals surface area (Å²) >= 11 is 0. The van der Waals surface area contributed by atoms with Gasteiger partial charge in [0.2, 0.25) is 10.0 Å². The maximum atomic E-state index is 12.4. The highest BCUT2D eigenvalue weighted by Gasteiger charge is 2.19. The summed E-state index contributed by atoms with van der Waals surface area (Å²) in [5.41, 5.74) is 0.688. The Morgan fingerprint density at radius 1 is 1.14 bits per heavy atom. The highest BCUT2D eigenvalue weighted by atomic mass is 32.2. The summed E-state index contributed by atoms with van der Waals surface area (Å²) < 4.78 is 27.6. The Balaban J connectivity index is 1.97. The van der Waals surface area contributed by atoms with Crippen LogP contribution in [0.1, 0.15) is 45.4 Å². The highest BCUT2D eigenvalue weighted by molar-refractivity contribution is 7.89. The van der Waals surface area contributed by atoms with Crippen LogP contribution in [0.4, 0.5) is 5.69 Å². The molecule has 2 rings (SSSR count). The lowest BCUT2D eigenvalue weighted by Crippen LogP contribution is -2.26. The Labute approximate surface area is 128 Å². The van der Waals surface area contributed by atoms with E-state index in [4.69, 9.17) is 0 Å². The molecule has 0 radical (unpaired) electrons. The summed E-state index contributed by atoms with van der Waals surface area (Å²) in [7, 11) is -3.43. The van der Waals surface area contributed by atoms with Crippen LogP contribution < -0.4 is 10.0 Å². The summed E-state index contributed by atoms with van der Waals surface area (Å²) in [5.74, 6) is 0.696. The molecule has 0 aromatic heterocycles. The molecule has 0 bridgehead atoms. The van der Waals surface area contributed by atoms with Crippen LogP contribution in [-0.4, -0.2) is 21.5 Å². The minimum absolute atomic E-state index is 0.352. The molecule has 0 amide bonds. The van der Waals surface area contributed by atoms with Gasteiger partial charge in [-0.2, -0.15) is 0 Å². The van der Waals surface area contributed by atoms with Crippen molar-refractivity contribution in [3.8, 4) is 0 Å². The minimum atomic E-state index is -3.43. The van der Waals surface area contributed by atoms with E-state index in [0.717, 1.165) is 19.4 Å². The van der Waals surface area contributed by atoms with Crippen molar-refractivity contribution in [2.45, 2.75) is 50.3 Å². The van der Waals surface area contributed by atoms with Crippen molar-refractivity contribution in [1.82, 2.24) is 4.72 Å². The minimum Gasteiger partial charge on any atom is -0.384 e. The SMILES string of the molecule is CCCNc1ccccc1S(=O)(=O)NCCC1CCCC1. The Bertz CT molecular complexity index is 537. The number of sulfonamides is 1. The zero-order valence-electron chi connectivity index (χ0n) is 12.8. The topological polar surface area (TPSA) is 58.2 Å². The molecule has 0 unspecified atom stereocenters. The van der Waals surface area contributed by atoms with E-state index < -0.39 is 10.0 Å². The number of rotatable bonds is 8. The Kier molecular flexibility index (Phi) is 6.06. The summed E-state index contributed by atoms with van der Waals surface area (Å²) in [5, 5.41) is 3.18. The van der Waals surface area contributed by atoms with Crippen molar-refractivity contribution in [1.29, 1.82) is 0 Å². The first-order valence-corrected chi connectivity index (χ1v) is 9.44. The zero-order chi connectivity index (χ0) is 15.1. The monoisotopic (exact) mass is 310 g/mol. The van der Waals surface area contributed by atoms with E-state index in [2.05, 4.69) is 17.0 Å². The molecule has 0 saturated heterocycles. The lowest BCUT2D eigenvalue weighted by Gasteiger charge is -2.14. The van der Waals surface area contributed by atoms with Gasteiger partial charge >= 0.3 is 0 Å². The van der Waals surface area contributed by atoms with Crippen LogP contribution in [-0.2, 0) is 10.0 Å². The predicted molar refractivity (Wildman–Crippen MR) is 87.0 cm³/mol. The van der Waals surface area contributed by atoms with Crippen LogP contribution >= 0.6 is 0 Å². The molecule has 2 N–H and O–H groups in total. The molecule has 4 nitrogen and oxygen atoms in total. The number of nitrogens with one attached hydrogen (secondary N) is 2. The second-order valence-electron chi connectivity index (χ2n) is 5.76. The fourth-order valence-corrected chi connectivity index (χ4v) is 4.11. The van der Waals surface area contributed by atoms with Gasteiger partial charge < -0.3 is 5.32 Å². The molecular weight excluding hydrogens is 284 g/mol. The molecule has 0 spiro atoms. The van der Waals surface area contributed by atoms with Gasteiger partial charge in [-0.25, -0.2) is 13.1 Å². The van der Waals surface area contributed by atoms with Gasteiger partial charge in [0, 0.05) is 13.1 Å². The predicted octanol–water partition coefficient (Wildman–Crippen LogP) is 3.37. The van der Waals surface area contributed by atoms with E-state index >= 15 is 0 Å². The fraction of sp³-hybridized carbons (Fsp3) is 0.625. The van der Waals surface area contributed by atoms with Crippen LogP contribution in [0.3, 0.4) is 0 Å². The van der Waals surface area contributed by atoms with Gasteiger partial charge in [-0.1, -0.05) is 44.7 Å². The van der Waals surface area contributed by atoms with Crippen molar-refractivity contribution < 1.29 is 8.42 Å². The van der Waals surface area contributed by atoms with E-state index in [1.54, 1.807) is 12.1 Å². The average Bonchev–Trinajstić information content (AvgIpc) is 2.98. The maximum absolute atomic E-state index is 12.4. The molecule has 1 aliphatic rings. The Morgan fingerprint density at radius 2 is 1.86 bits per heavy atom. The van der Waals surface area contributed by atoms with Gasteiger partial charge in [0.25, 0.3) is 0 Å². The first-order chi connectivity index (χ1) is 10.1. The second-order valence-corrected chi connectivity index (χ2v) is 7.50. The molecule has 1 saturated carbocycles. The normalized spacial score (nSPS) is 16.2. The second kappa shape index (κ2) is 7.80. The number of hydrogen-bond donors (Lipinski definition) is 2. The molecule has 1 aromatic carbocycles. The summed E-state index contributed by atoms with van der Waals surface area (Å²) in [6.07, 6.45) is 6.99. The largest absolute Gasteiger partial charge is 0.384 e. The number of anilines is 1.